The van der Waals surface area contributed by atoms with E-state index in [0.29, 0.717) is 6.42 Å². The second-order valence-corrected chi connectivity index (χ2v) is 5.84. The Kier molecular flexibility index (Phi) is 4.01. The number of amides is 1. The molecule has 21 heavy (non-hydrogen) atoms. The van der Waals surface area contributed by atoms with Crippen molar-refractivity contribution in [3.8, 4) is 0 Å². The lowest BCUT2D eigenvalue weighted by Gasteiger charge is -2.11. The number of H-pyrrole nitrogens is 1. The molecule has 2 aromatic heterocycles. The Morgan fingerprint density at radius 3 is 3.00 bits per heavy atom. The number of para-hydroxylation sites is 2. The number of aromatic nitrogens is 2. The van der Waals surface area contributed by atoms with Gasteiger partial charge in [-0.1, -0.05) is 12.1 Å². The average molecular weight is 299 g/mol. The van der Waals surface area contributed by atoms with E-state index in [-0.39, 0.29) is 11.9 Å². The summed E-state index contributed by atoms with van der Waals surface area (Å²) in [6.07, 6.45) is 1.28. The van der Waals surface area contributed by atoms with Gasteiger partial charge in [-0.3, -0.25) is 4.79 Å². The van der Waals surface area contributed by atoms with Crippen LogP contribution in [0.25, 0.3) is 11.0 Å². The molecule has 4 nitrogen and oxygen atoms in total. The van der Waals surface area contributed by atoms with Crippen LogP contribution in [-0.4, -0.2) is 15.9 Å². The molecule has 0 bridgehead atoms. The summed E-state index contributed by atoms with van der Waals surface area (Å²) in [6, 6.07) is 9.80. The van der Waals surface area contributed by atoms with Crippen LogP contribution in [0.5, 0.6) is 0 Å². The molecule has 3 aromatic rings. The summed E-state index contributed by atoms with van der Waals surface area (Å²) >= 11 is 1.66. The van der Waals surface area contributed by atoms with Crippen LogP contribution in [-0.2, 0) is 11.2 Å². The van der Waals surface area contributed by atoms with E-state index in [1.807, 2.05) is 36.6 Å². The molecule has 3 rings (SSSR count). The van der Waals surface area contributed by atoms with Crippen molar-refractivity contribution in [1.29, 1.82) is 0 Å². The molecule has 0 aliphatic heterocycles. The highest BCUT2D eigenvalue weighted by molar-refractivity contribution is 7.07. The van der Waals surface area contributed by atoms with Crippen molar-refractivity contribution in [2.45, 2.75) is 25.8 Å². The summed E-state index contributed by atoms with van der Waals surface area (Å²) in [6.45, 7) is 1.94. The Hall–Kier alpha value is -2.14. The average Bonchev–Trinajstić information content (AvgIpc) is 3.14. The predicted octanol–water partition coefficient (Wildman–Crippen LogP) is 3.43. The lowest BCUT2D eigenvalue weighted by atomic mass is 10.2. The van der Waals surface area contributed by atoms with Crippen LogP contribution in [0.1, 0.15) is 30.8 Å². The van der Waals surface area contributed by atoms with Crippen LogP contribution in [0.4, 0.5) is 0 Å². The maximum Gasteiger partial charge on any atom is 0.220 e. The molecule has 0 saturated heterocycles. The number of aromatic amines is 1. The lowest BCUT2D eigenvalue weighted by molar-refractivity contribution is -0.121. The summed E-state index contributed by atoms with van der Waals surface area (Å²) in [5.41, 5.74) is 3.13. The number of hydrogen-bond acceptors (Lipinski definition) is 3. The number of aryl methyl sites for hydroxylation is 1. The first-order valence-corrected chi connectivity index (χ1v) is 7.92. The Morgan fingerprint density at radius 2 is 2.24 bits per heavy atom. The number of nitrogens with one attached hydrogen (secondary N) is 2. The summed E-state index contributed by atoms with van der Waals surface area (Å²) in [5.74, 6) is 0.842. The number of hydrogen-bond donors (Lipinski definition) is 2. The van der Waals surface area contributed by atoms with E-state index < -0.39 is 0 Å². The first-order valence-electron chi connectivity index (χ1n) is 6.97. The highest BCUT2D eigenvalue weighted by atomic mass is 32.1. The number of carbonyl (C=O) groups is 1. The Balaban J connectivity index is 1.60. The first kappa shape index (κ1) is 13.8. The summed E-state index contributed by atoms with van der Waals surface area (Å²) < 4.78 is 0. The van der Waals surface area contributed by atoms with Crippen molar-refractivity contribution in [2.75, 3.05) is 0 Å². The molecular weight excluding hydrogens is 282 g/mol. The molecule has 2 N–H and O–H groups in total. The van der Waals surface area contributed by atoms with Crippen LogP contribution in [0, 0.1) is 0 Å². The van der Waals surface area contributed by atoms with Gasteiger partial charge in [0, 0.05) is 6.42 Å². The molecule has 1 amide bonds. The van der Waals surface area contributed by atoms with Gasteiger partial charge in [-0.05, 0) is 47.9 Å². The third kappa shape index (κ3) is 3.31. The molecular formula is C16H17N3OS. The number of imidazole rings is 1. The van der Waals surface area contributed by atoms with Crippen molar-refractivity contribution >= 4 is 28.3 Å². The molecule has 1 atom stereocenters. The standard InChI is InChI=1S/C16H17N3OS/c1-11(16-18-13-4-2-3-5-14(13)19-16)17-15(20)7-6-12-8-9-21-10-12/h2-5,8-11H,6-7H2,1H3,(H,17,20)(H,18,19)/t11-/m1/s1. The summed E-state index contributed by atoms with van der Waals surface area (Å²) in [4.78, 5) is 19.7. The van der Waals surface area contributed by atoms with E-state index in [1.54, 1.807) is 11.3 Å². The van der Waals surface area contributed by atoms with Gasteiger partial charge in [-0.2, -0.15) is 11.3 Å². The molecule has 0 unspecified atom stereocenters. The Labute approximate surface area is 127 Å². The summed E-state index contributed by atoms with van der Waals surface area (Å²) in [7, 11) is 0. The number of rotatable bonds is 5. The van der Waals surface area contributed by atoms with E-state index in [1.165, 1.54) is 5.56 Å². The summed E-state index contributed by atoms with van der Waals surface area (Å²) in [5, 5.41) is 7.10. The van der Waals surface area contributed by atoms with Gasteiger partial charge in [-0.25, -0.2) is 4.98 Å². The molecule has 2 heterocycles. The van der Waals surface area contributed by atoms with Crippen molar-refractivity contribution in [1.82, 2.24) is 15.3 Å². The van der Waals surface area contributed by atoms with Gasteiger partial charge in [0.2, 0.25) is 5.91 Å². The second-order valence-electron chi connectivity index (χ2n) is 5.06. The number of nitrogens with zero attached hydrogens (tertiary/aromatic N) is 1. The van der Waals surface area contributed by atoms with Gasteiger partial charge in [0.25, 0.3) is 0 Å². The second kappa shape index (κ2) is 6.10. The quantitative estimate of drug-likeness (QED) is 0.758. The number of carbonyl (C=O) groups excluding carboxylic acids is 1. The zero-order valence-electron chi connectivity index (χ0n) is 11.8. The van der Waals surface area contributed by atoms with Crippen molar-refractivity contribution < 1.29 is 4.79 Å². The monoisotopic (exact) mass is 299 g/mol. The third-order valence-corrected chi connectivity index (χ3v) is 4.15. The topological polar surface area (TPSA) is 57.8 Å². The Bertz CT molecular complexity index is 700. The van der Waals surface area contributed by atoms with E-state index in [0.717, 1.165) is 23.3 Å². The molecule has 1 aromatic carbocycles. The molecule has 0 radical (unpaired) electrons. The van der Waals surface area contributed by atoms with Crippen molar-refractivity contribution in [2.24, 2.45) is 0 Å². The predicted molar refractivity (Wildman–Crippen MR) is 85.3 cm³/mol. The zero-order valence-corrected chi connectivity index (χ0v) is 12.6. The fourth-order valence-electron chi connectivity index (χ4n) is 2.25. The van der Waals surface area contributed by atoms with E-state index in [4.69, 9.17) is 0 Å². The van der Waals surface area contributed by atoms with E-state index in [9.17, 15) is 4.79 Å². The molecule has 0 fully saturated rings. The van der Waals surface area contributed by atoms with Gasteiger partial charge in [-0.15, -0.1) is 0 Å². The highest BCUT2D eigenvalue weighted by Crippen LogP contribution is 2.16. The molecule has 0 spiro atoms. The molecule has 5 heteroatoms. The van der Waals surface area contributed by atoms with E-state index >= 15 is 0 Å². The minimum Gasteiger partial charge on any atom is -0.346 e. The molecule has 0 aliphatic carbocycles. The minimum atomic E-state index is -0.118. The third-order valence-electron chi connectivity index (χ3n) is 3.42. The van der Waals surface area contributed by atoms with Gasteiger partial charge < -0.3 is 10.3 Å². The maximum absolute atomic E-state index is 12.0. The number of fused-ring (bicyclic) bond motifs is 1. The lowest BCUT2D eigenvalue weighted by Crippen LogP contribution is -2.27. The maximum atomic E-state index is 12.0. The van der Waals surface area contributed by atoms with Gasteiger partial charge in [0.15, 0.2) is 0 Å². The van der Waals surface area contributed by atoms with Crippen LogP contribution in [0.15, 0.2) is 41.1 Å². The zero-order chi connectivity index (χ0) is 14.7. The smallest absolute Gasteiger partial charge is 0.220 e. The van der Waals surface area contributed by atoms with Crippen LogP contribution in [0.3, 0.4) is 0 Å². The van der Waals surface area contributed by atoms with Gasteiger partial charge in [0.05, 0.1) is 17.1 Å². The number of thiophene rings is 1. The molecule has 0 saturated carbocycles. The fraction of sp³-hybridized carbons (Fsp3) is 0.250. The molecule has 108 valence electrons. The van der Waals surface area contributed by atoms with Gasteiger partial charge in [0.1, 0.15) is 5.82 Å². The van der Waals surface area contributed by atoms with Crippen LogP contribution < -0.4 is 5.32 Å². The fourth-order valence-corrected chi connectivity index (χ4v) is 2.96. The highest BCUT2D eigenvalue weighted by Gasteiger charge is 2.13. The largest absolute Gasteiger partial charge is 0.346 e. The van der Waals surface area contributed by atoms with Crippen LogP contribution in [0.2, 0.25) is 0 Å². The normalized spacial score (nSPS) is 12.4. The minimum absolute atomic E-state index is 0.0501. The molecule has 0 aliphatic rings. The Morgan fingerprint density at radius 1 is 1.38 bits per heavy atom. The number of benzene rings is 1. The van der Waals surface area contributed by atoms with E-state index in [2.05, 4.69) is 26.7 Å². The SMILES string of the molecule is C[C@@H](NC(=O)CCc1ccsc1)c1nc2ccccc2[nH]1. The van der Waals surface area contributed by atoms with Crippen molar-refractivity contribution in [3.63, 3.8) is 0 Å². The van der Waals surface area contributed by atoms with Crippen LogP contribution >= 0.6 is 11.3 Å². The first-order chi connectivity index (χ1) is 10.2. The van der Waals surface area contributed by atoms with Crippen molar-refractivity contribution in [3.05, 3.63) is 52.5 Å². The van der Waals surface area contributed by atoms with Gasteiger partial charge >= 0.3 is 0 Å².